The summed E-state index contributed by atoms with van der Waals surface area (Å²) in [6, 6.07) is 1.60. The molecule has 0 aliphatic carbocycles. The minimum atomic E-state index is -1.09. The van der Waals surface area contributed by atoms with Gasteiger partial charge in [-0.25, -0.2) is 14.5 Å². The Kier molecular flexibility index (Phi) is 5.52. The molecule has 0 saturated carbocycles. The van der Waals surface area contributed by atoms with Gasteiger partial charge in [-0.3, -0.25) is 24.6 Å². The summed E-state index contributed by atoms with van der Waals surface area (Å²) >= 11 is 0. The number of urea groups is 2. The molecule has 1 aromatic rings. The predicted molar refractivity (Wildman–Crippen MR) is 82.7 cm³/mol. The van der Waals surface area contributed by atoms with E-state index in [9.17, 15) is 24.0 Å². The zero-order chi connectivity index (χ0) is 18.6. The Morgan fingerprint density at radius 2 is 1.84 bits per heavy atom. The van der Waals surface area contributed by atoms with E-state index in [1.807, 2.05) is 5.32 Å². The molecule has 7 amide bonds. The van der Waals surface area contributed by atoms with Crippen LogP contribution in [-0.4, -0.2) is 52.7 Å². The normalized spacial score (nSPS) is 14.4. The topological polar surface area (TPSA) is 129 Å². The first-order valence-electron chi connectivity index (χ1n) is 7.57. The van der Waals surface area contributed by atoms with E-state index in [0.717, 1.165) is 4.90 Å². The van der Waals surface area contributed by atoms with Gasteiger partial charge in [0.2, 0.25) is 5.91 Å². The highest BCUT2D eigenvalue weighted by molar-refractivity contribution is 6.45. The largest absolute Gasteiger partial charge is 0.467 e. The van der Waals surface area contributed by atoms with Gasteiger partial charge in [0.1, 0.15) is 12.3 Å². The number of furan rings is 1. The minimum absolute atomic E-state index is 0.0261. The minimum Gasteiger partial charge on any atom is -0.467 e. The van der Waals surface area contributed by atoms with E-state index in [0.29, 0.717) is 10.7 Å². The van der Waals surface area contributed by atoms with E-state index >= 15 is 0 Å². The van der Waals surface area contributed by atoms with Crippen molar-refractivity contribution in [2.24, 2.45) is 5.92 Å². The SMILES string of the molecule is CC(C)CN1C(=O)C(=O)N(CC(=O)NC(=O)NCc2ccco2)C1=O. The van der Waals surface area contributed by atoms with E-state index in [-0.39, 0.29) is 19.0 Å². The lowest BCUT2D eigenvalue weighted by molar-refractivity contribution is -0.144. The van der Waals surface area contributed by atoms with Gasteiger partial charge in [-0.2, -0.15) is 0 Å². The Morgan fingerprint density at radius 3 is 2.44 bits per heavy atom. The molecule has 0 spiro atoms. The zero-order valence-corrected chi connectivity index (χ0v) is 13.8. The number of amides is 7. The lowest BCUT2D eigenvalue weighted by Gasteiger charge is -2.16. The Bertz CT molecular complexity index is 697. The second kappa shape index (κ2) is 7.60. The van der Waals surface area contributed by atoms with Crippen LogP contribution in [-0.2, 0) is 20.9 Å². The van der Waals surface area contributed by atoms with Crippen LogP contribution < -0.4 is 10.6 Å². The third-order valence-electron chi connectivity index (χ3n) is 3.24. The molecule has 1 aliphatic heterocycles. The molecule has 1 aliphatic rings. The van der Waals surface area contributed by atoms with E-state index in [1.54, 1.807) is 26.0 Å². The summed E-state index contributed by atoms with van der Waals surface area (Å²) in [4.78, 5) is 60.4. The van der Waals surface area contributed by atoms with Crippen LogP contribution in [0.5, 0.6) is 0 Å². The summed E-state index contributed by atoms with van der Waals surface area (Å²) in [5, 5.41) is 4.35. The van der Waals surface area contributed by atoms with Crippen LogP contribution >= 0.6 is 0 Å². The lowest BCUT2D eigenvalue weighted by atomic mass is 10.2. The number of hydrogen-bond acceptors (Lipinski definition) is 6. The van der Waals surface area contributed by atoms with Crippen LogP contribution in [0.2, 0.25) is 0 Å². The molecule has 0 atom stereocenters. The maximum atomic E-state index is 12.1. The van der Waals surface area contributed by atoms with Gasteiger partial charge in [-0.15, -0.1) is 0 Å². The lowest BCUT2D eigenvalue weighted by Crippen LogP contribution is -2.46. The van der Waals surface area contributed by atoms with Crippen molar-refractivity contribution < 1.29 is 28.4 Å². The average Bonchev–Trinajstić information content (AvgIpc) is 3.12. The van der Waals surface area contributed by atoms with Crippen LogP contribution in [0.1, 0.15) is 19.6 Å². The van der Waals surface area contributed by atoms with Crippen molar-refractivity contribution in [2.45, 2.75) is 20.4 Å². The molecule has 0 bridgehead atoms. The van der Waals surface area contributed by atoms with Crippen LogP contribution in [0.3, 0.4) is 0 Å². The van der Waals surface area contributed by atoms with Gasteiger partial charge in [0.25, 0.3) is 0 Å². The Morgan fingerprint density at radius 1 is 1.16 bits per heavy atom. The zero-order valence-electron chi connectivity index (χ0n) is 13.8. The number of carbonyl (C=O) groups excluding carboxylic acids is 5. The Balaban J connectivity index is 1.87. The second-order valence-electron chi connectivity index (χ2n) is 5.79. The summed E-state index contributed by atoms with van der Waals surface area (Å²) in [5.74, 6) is -2.49. The number of nitrogens with zero attached hydrogens (tertiary/aromatic N) is 2. The summed E-state index contributed by atoms with van der Waals surface area (Å²) in [5.41, 5.74) is 0. The number of carbonyl (C=O) groups is 5. The van der Waals surface area contributed by atoms with Crippen LogP contribution in [0.25, 0.3) is 0 Å². The van der Waals surface area contributed by atoms with Gasteiger partial charge in [-0.1, -0.05) is 13.8 Å². The van der Waals surface area contributed by atoms with Crippen LogP contribution in [0.15, 0.2) is 22.8 Å². The molecule has 0 aromatic carbocycles. The van der Waals surface area contributed by atoms with Crippen molar-refractivity contribution in [3.63, 3.8) is 0 Å². The van der Waals surface area contributed by atoms with E-state index in [2.05, 4.69) is 5.32 Å². The Labute approximate surface area is 143 Å². The fraction of sp³-hybridized carbons (Fsp3) is 0.400. The van der Waals surface area contributed by atoms with Crippen molar-refractivity contribution in [1.29, 1.82) is 0 Å². The summed E-state index contributed by atoms with van der Waals surface area (Å²) < 4.78 is 5.01. The first-order chi connectivity index (χ1) is 11.8. The number of hydrogen-bond donors (Lipinski definition) is 2. The third kappa shape index (κ3) is 4.43. The molecule has 2 N–H and O–H groups in total. The average molecular weight is 350 g/mol. The van der Waals surface area contributed by atoms with Gasteiger partial charge in [0, 0.05) is 6.54 Å². The number of nitrogens with one attached hydrogen (secondary N) is 2. The van der Waals surface area contributed by atoms with Gasteiger partial charge in [0.05, 0.1) is 12.8 Å². The first-order valence-corrected chi connectivity index (χ1v) is 7.57. The fourth-order valence-corrected chi connectivity index (χ4v) is 2.15. The van der Waals surface area contributed by atoms with Crippen LogP contribution in [0, 0.1) is 5.92 Å². The van der Waals surface area contributed by atoms with Gasteiger partial charge < -0.3 is 9.73 Å². The highest BCUT2D eigenvalue weighted by Crippen LogP contribution is 2.13. The Hall–Kier alpha value is -3.17. The second-order valence-corrected chi connectivity index (χ2v) is 5.79. The molecule has 134 valence electrons. The molecule has 2 rings (SSSR count). The molecule has 1 saturated heterocycles. The highest BCUT2D eigenvalue weighted by atomic mass is 16.3. The van der Waals surface area contributed by atoms with Crippen LogP contribution in [0.4, 0.5) is 9.59 Å². The smallest absolute Gasteiger partial charge is 0.334 e. The molecule has 1 aromatic heterocycles. The maximum absolute atomic E-state index is 12.1. The quantitative estimate of drug-likeness (QED) is 0.551. The van der Waals surface area contributed by atoms with E-state index < -0.39 is 36.3 Å². The van der Waals surface area contributed by atoms with Crippen molar-refractivity contribution in [1.82, 2.24) is 20.4 Å². The summed E-state index contributed by atoms with van der Waals surface area (Å²) in [6.45, 7) is 2.99. The molecule has 0 radical (unpaired) electrons. The summed E-state index contributed by atoms with van der Waals surface area (Å²) in [6.07, 6.45) is 1.44. The van der Waals surface area contributed by atoms with Crippen molar-refractivity contribution in [3.8, 4) is 0 Å². The molecule has 10 nitrogen and oxygen atoms in total. The van der Waals surface area contributed by atoms with Crippen molar-refractivity contribution in [2.75, 3.05) is 13.1 Å². The first kappa shape index (κ1) is 18.2. The monoisotopic (exact) mass is 350 g/mol. The molecular formula is C15H18N4O6. The van der Waals surface area contributed by atoms with Crippen molar-refractivity contribution in [3.05, 3.63) is 24.2 Å². The standard InChI is InChI=1S/C15H18N4O6/c1-9(2)7-18-12(21)13(22)19(15(18)24)8-11(20)17-14(23)16-6-10-4-3-5-25-10/h3-5,9H,6-8H2,1-2H3,(H2,16,17,20,23). The molecule has 2 heterocycles. The third-order valence-corrected chi connectivity index (χ3v) is 3.24. The predicted octanol–water partition coefficient (Wildman–Crippen LogP) is 0.0522. The van der Waals surface area contributed by atoms with Gasteiger partial charge in [0.15, 0.2) is 0 Å². The molecule has 0 unspecified atom stereocenters. The number of imide groups is 3. The molecular weight excluding hydrogens is 332 g/mol. The highest BCUT2D eigenvalue weighted by Gasteiger charge is 2.45. The van der Waals surface area contributed by atoms with Gasteiger partial charge in [-0.05, 0) is 18.1 Å². The van der Waals surface area contributed by atoms with Gasteiger partial charge >= 0.3 is 23.9 Å². The molecule has 1 fully saturated rings. The van der Waals surface area contributed by atoms with E-state index in [1.165, 1.54) is 6.26 Å². The number of rotatable bonds is 6. The molecule has 10 heteroatoms. The molecule has 25 heavy (non-hydrogen) atoms. The maximum Gasteiger partial charge on any atom is 0.334 e. The summed E-state index contributed by atoms with van der Waals surface area (Å²) in [7, 11) is 0. The van der Waals surface area contributed by atoms with Crippen molar-refractivity contribution >= 4 is 29.8 Å². The fourth-order valence-electron chi connectivity index (χ4n) is 2.15. The van der Waals surface area contributed by atoms with E-state index in [4.69, 9.17) is 4.42 Å².